The molecular weight excluding hydrogens is 314 g/mol. The summed E-state index contributed by atoms with van der Waals surface area (Å²) in [6, 6.07) is 3.50. The van der Waals surface area contributed by atoms with Crippen LogP contribution in [0.25, 0.3) is 12.2 Å². The second-order valence-corrected chi connectivity index (χ2v) is 5.41. The van der Waals surface area contributed by atoms with E-state index in [1.165, 1.54) is 20.4 Å². The lowest BCUT2D eigenvalue weighted by Crippen LogP contribution is -1.92. The molecule has 1 aromatic heterocycles. The average molecular weight is 326 g/mol. The summed E-state index contributed by atoms with van der Waals surface area (Å²) >= 11 is 7.21. The number of ether oxygens (including phenoxy) is 2. The predicted octanol–water partition coefficient (Wildman–Crippen LogP) is 3.68. The number of aromatic nitrogens is 1. The first kappa shape index (κ1) is 15.3. The molecule has 0 saturated carbocycles. The van der Waals surface area contributed by atoms with E-state index in [0.717, 1.165) is 16.9 Å². The van der Waals surface area contributed by atoms with Crippen molar-refractivity contribution in [1.82, 2.24) is 4.98 Å². The van der Waals surface area contributed by atoms with Gasteiger partial charge in [-0.1, -0.05) is 17.7 Å². The van der Waals surface area contributed by atoms with Gasteiger partial charge in [0.25, 0.3) is 0 Å². The zero-order valence-electron chi connectivity index (χ0n) is 11.3. The molecule has 0 aliphatic heterocycles. The molecule has 0 bridgehead atoms. The van der Waals surface area contributed by atoms with Gasteiger partial charge < -0.3 is 14.6 Å². The molecule has 0 unspecified atom stereocenters. The van der Waals surface area contributed by atoms with Crippen molar-refractivity contribution in [3.63, 3.8) is 0 Å². The molecule has 1 heterocycles. The van der Waals surface area contributed by atoms with Gasteiger partial charge in [0, 0.05) is 0 Å². The van der Waals surface area contributed by atoms with E-state index in [9.17, 15) is 4.79 Å². The minimum Gasteiger partial charge on any atom is -0.493 e. The molecule has 0 aliphatic carbocycles. The van der Waals surface area contributed by atoms with Crippen LogP contribution in [0.5, 0.6) is 11.5 Å². The standard InChI is InChI=1S/C14H12ClNO4S/c1-19-10-6-8(5-9(15)13(10)20-2)3-4-12-16-7-11(21-12)14(17)18/h3-7H,1-2H3,(H,17,18)/b4-3+. The van der Waals surface area contributed by atoms with Gasteiger partial charge in [0.05, 0.1) is 25.4 Å². The third-order valence-corrected chi connectivity index (χ3v) is 3.84. The molecule has 5 nitrogen and oxygen atoms in total. The quantitative estimate of drug-likeness (QED) is 0.908. The van der Waals surface area contributed by atoms with E-state index >= 15 is 0 Å². The Morgan fingerprint density at radius 3 is 2.67 bits per heavy atom. The molecule has 0 aliphatic rings. The van der Waals surface area contributed by atoms with Gasteiger partial charge >= 0.3 is 5.97 Å². The van der Waals surface area contributed by atoms with Gasteiger partial charge in [0.1, 0.15) is 9.88 Å². The van der Waals surface area contributed by atoms with E-state index in [4.69, 9.17) is 26.2 Å². The Balaban J connectivity index is 2.28. The molecule has 110 valence electrons. The highest BCUT2D eigenvalue weighted by atomic mass is 35.5. The number of carbonyl (C=O) groups is 1. The first-order chi connectivity index (χ1) is 10.0. The van der Waals surface area contributed by atoms with Crippen LogP contribution in [0.15, 0.2) is 18.3 Å². The fourth-order valence-corrected chi connectivity index (χ4v) is 2.62. The number of methoxy groups -OCH3 is 2. The van der Waals surface area contributed by atoms with Crippen molar-refractivity contribution in [3.8, 4) is 11.5 Å². The monoisotopic (exact) mass is 325 g/mol. The summed E-state index contributed by atoms with van der Waals surface area (Å²) in [7, 11) is 3.05. The molecule has 0 fully saturated rings. The zero-order valence-corrected chi connectivity index (χ0v) is 12.9. The van der Waals surface area contributed by atoms with Crippen molar-refractivity contribution in [1.29, 1.82) is 0 Å². The number of carboxylic acids is 1. The fraction of sp³-hybridized carbons (Fsp3) is 0.143. The van der Waals surface area contributed by atoms with Crippen LogP contribution >= 0.6 is 22.9 Å². The molecule has 0 spiro atoms. The summed E-state index contributed by atoms with van der Waals surface area (Å²) in [6.07, 6.45) is 4.82. The molecule has 2 rings (SSSR count). The molecular formula is C14H12ClNO4S. The number of thiazole rings is 1. The predicted molar refractivity (Wildman–Crippen MR) is 82.6 cm³/mol. The lowest BCUT2D eigenvalue weighted by molar-refractivity contribution is 0.0702. The van der Waals surface area contributed by atoms with Crippen LogP contribution in [0.1, 0.15) is 20.2 Å². The van der Waals surface area contributed by atoms with Crippen molar-refractivity contribution in [2.45, 2.75) is 0 Å². The highest BCUT2D eigenvalue weighted by Gasteiger charge is 2.10. The molecule has 0 saturated heterocycles. The Labute approximate surface area is 130 Å². The van der Waals surface area contributed by atoms with Gasteiger partial charge in [0.15, 0.2) is 11.5 Å². The number of aromatic carboxylic acids is 1. The van der Waals surface area contributed by atoms with Gasteiger partial charge in [-0.2, -0.15) is 0 Å². The Morgan fingerprint density at radius 2 is 2.10 bits per heavy atom. The van der Waals surface area contributed by atoms with E-state index in [2.05, 4.69) is 4.98 Å². The Hall–Kier alpha value is -2.05. The van der Waals surface area contributed by atoms with E-state index in [1.54, 1.807) is 24.3 Å². The molecule has 7 heteroatoms. The lowest BCUT2D eigenvalue weighted by atomic mass is 10.2. The van der Waals surface area contributed by atoms with Crippen LogP contribution in [0.4, 0.5) is 0 Å². The molecule has 0 amide bonds. The SMILES string of the molecule is COc1cc(/C=C/c2ncc(C(=O)O)s2)cc(Cl)c1OC. The van der Waals surface area contributed by atoms with E-state index in [0.29, 0.717) is 21.5 Å². The summed E-state index contributed by atoms with van der Waals surface area (Å²) in [6.45, 7) is 0. The number of nitrogens with zero attached hydrogens (tertiary/aromatic N) is 1. The highest BCUT2D eigenvalue weighted by molar-refractivity contribution is 7.14. The third kappa shape index (κ3) is 3.53. The van der Waals surface area contributed by atoms with E-state index in [-0.39, 0.29) is 4.88 Å². The summed E-state index contributed by atoms with van der Waals surface area (Å²) in [4.78, 5) is 15.0. The normalized spacial score (nSPS) is 10.8. The summed E-state index contributed by atoms with van der Waals surface area (Å²) in [5, 5.41) is 9.87. The van der Waals surface area contributed by atoms with Crippen molar-refractivity contribution in [2.75, 3.05) is 14.2 Å². The number of hydrogen-bond acceptors (Lipinski definition) is 5. The summed E-state index contributed by atoms with van der Waals surface area (Å²) in [5.74, 6) is 0.00931. The number of carboxylic acid groups (broad SMARTS) is 1. The number of hydrogen-bond donors (Lipinski definition) is 1. The highest BCUT2D eigenvalue weighted by Crippen LogP contribution is 2.36. The Bertz CT molecular complexity index is 696. The maximum absolute atomic E-state index is 10.8. The van der Waals surface area contributed by atoms with Crippen molar-refractivity contribution in [2.24, 2.45) is 0 Å². The van der Waals surface area contributed by atoms with Crippen LogP contribution < -0.4 is 9.47 Å². The van der Waals surface area contributed by atoms with Gasteiger partial charge in [0.2, 0.25) is 0 Å². The topological polar surface area (TPSA) is 68.7 Å². The van der Waals surface area contributed by atoms with Gasteiger partial charge in [-0.3, -0.25) is 0 Å². The number of benzene rings is 1. The van der Waals surface area contributed by atoms with Crippen LogP contribution in [-0.4, -0.2) is 30.3 Å². The molecule has 0 atom stereocenters. The average Bonchev–Trinajstić information content (AvgIpc) is 2.93. The van der Waals surface area contributed by atoms with E-state index < -0.39 is 5.97 Å². The Morgan fingerprint density at radius 1 is 1.33 bits per heavy atom. The van der Waals surface area contributed by atoms with Crippen LogP contribution in [0, 0.1) is 0 Å². The molecule has 21 heavy (non-hydrogen) atoms. The summed E-state index contributed by atoms with van der Waals surface area (Å²) in [5.41, 5.74) is 0.796. The smallest absolute Gasteiger partial charge is 0.347 e. The van der Waals surface area contributed by atoms with Crippen LogP contribution in [0.3, 0.4) is 0 Å². The third-order valence-electron chi connectivity index (χ3n) is 2.61. The number of halogens is 1. The van der Waals surface area contributed by atoms with Gasteiger partial charge in [-0.05, 0) is 23.8 Å². The van der Waals surface area contributed by atoms with Crippen molar-refractivity contribution < 1.29 is 19.4 Å². The Kier molecular flexibility index (Phi) is 4.82. The molecule has 1 N–H and O–H groups in total. The zero-order chi connectivity index (χ0) is 15.4. The van der Waals surface area contributed by atoms with Gasteiger partial charge in [-0.25, -0.2) is 9.78 Å². The largest absolute Gasteiger partial charge is 0.493 e. The number of rotatable bonds is 5. The summed E-state index contributed by atoms with van der Waals surface area (Å²) < 4.78 is 10.4. The first-order valence-electron chi connectivity index (χ1n) is 5.84. The van der Waals surface area contributed by atoms with Crippen molar-refractivity contribution >= 4 is 41.1 Å². The fourth-order valence-electron chi connectivity index (χ4n) is 1.67. The maximum atomic E-state index is 10.8. The molecule has 2 aromatic rings. The second-order valence-electron chi connectivity index (χ2n) is 3.94. The van der Waals surface area contributed by atoms with Crippen LogP contribution in [0.2, 0.25) is 5.02 Å². The first-order valence-corrected chi connectivity index (χ1v) is 7.03. The lowest BCUT2D eigenvalue weighted by Gasteiger charge is -2.10. The molecule has 1 aromatic carbocycles. The maximum Gasteiger partial charge on any atom is 0.347 e. The van der Waals surface area contributed by atoms with E-state index in [1.807, 2.05) is 0 Å². The van der Waals surface area contributed by atoms with Crippen molar-refractivity contribution in [3.05, 3.63) is 38.8 Å². The second kappa shape index (κ2) is 6.60. The minimum absolute atomic E-state index is 0.194. The molecule has 0 radical (unpaired) electrons. The van der Waals surface area contributed by atoms with Crippen LogP contribution in [-0.2, 0) is 0 Å². The van der Waals surface area contributed by atoms with Gasteiger partial charge in [-0.15, -0.1) is 11.3 Å². The minimum atomic E-state index is -0.985.